The number of aromatic amines is 1. The smallest absolute Gasteiger partial charge is 0.131 e. The first-order chi connectivity index (χ1) is 11.2. The molecule has 1 unspecified atom stereocenters. The van der Waals surface area contributed by atoms with Gasteiger partial charge in [0.05, 0.1) is 28.4 Å². The van der Waals surface area contributed by atoms with Gasteiger partial charge in [-0.1, -0.05) is 12.1 Å². The van der Waals surface area contributed by atoms with Gasteiger partial charge in [0.1, 0.15) is 11.6 Å². The van der Waals surface area contributed by atoms with E-state index in [2.05, 4.69) is 15.5 Å². The minimum absolute atomic E-state index is 0.0346. The molecule has 0 radical (unpaired) electrons. The van der Waals surface area contributed by atoms with Crippen molar-refractivity contribution in [3.05, 3.63) is 64.7 Å². The summed E-state index contributed by atoms with van der Waals surface area (Å²) >= 11 is 1.59. The predicted octanol–water partition coefficient (Wildman–Crippen LogP) is 3.24. The van der Waals surface area contributed by atoms with Crippen molar-refractivity contribution < 1.29 is 13.9 Å². The minimum Gasteiger partial charge on any atom is -0.387 e. The van der Waals surface area contributed by atoms with E-state index < -0.39 is 17.7 Å². The number of aliphatic hydroxyl groups excluding tert-OH is 1. The number of hydrogen-bond donors (Lipinski definition) is 3. The fraction of sp³-hybridized carbons (Fsp3) is 0.188. The zero-order valence-corrected chi connectivity index (χ0v) is 12.9. The Morgan fingerprint density at radius 3 is 2.70 bits per heavy atom. The molecule has 2 heterocycles. The second-order valence-electron chi connectivity index (χ2n) is 5.03. The molecule has 1 aromatic carbocycles. The van der Waals surface area contributed by atoms with E-state index in [0.717, 1.165) is 28.3 Å². The van der Waals surface area contributed by atoms with Gasteiger partial charge in [0, 0.05) is 18.7 Å². The molecule has 3 N–H and O–H groups in total. The molecule has 23 heavy (non-hydrogen) atoms. The topological polar surface area (TPSA) is 60.9 Å². The summed E-state index contributed by atoms with van der Waals surface area (Å²) in [6, 6.07) is 7.46. The number of nitrogens with one attached hydrogen (secondary N) is 2. The lowest BCUT2D eigenvalue weighted by Crippen LogP contribution is -2.22. The second kappa shape index (κ2) is 6.99. The van der Waals surface area contributed by atoms with Crippen LogP contribution in [0, 0.1) is 11.6 Å². The predicted molar refractivity (Wildman–Crippen MR) is 84.9 cm³/mol. The van der Waals surface area contributed by atoms with E-state index in [1.165, 1.54) is 6.07 Å². The van der Waals surface area contributed by atoms with Crippen LogP contribution in [0.25, 0.3) is 10.6 Å². The molecule has 120 valence electrons. The molecule has 0 spiro atoms. The van der Waals surface area contributed by atoms with Crippen LogP contribution in [0.1, 0.15) is 17.2 Å². The summed E-state index contributed by atoms with van der Waals surface area (Å²) in [5, 5.41) is 21.9. The van der Waals surface area contributed by atoms with E-state index in [4.69, 9.17) is 0 Å². The number of nitrogens with zero attached hydrogens (tertiary/aromatic N) is 1. The maximum Gasteiger partial charge on any atom is 0.131 e. The molecule has 0 amide bonds. The Kier molecular flexibility index (Phi) is 4.80. The van der Waals surface area contributed by atoms with Gasteiger partial charge in [-0.2, -0.15) is 5.10 Å². The van der Waals surface area contributed by atoms with Crippen LogP contribution < -0.4 is 5.32 Å². The minimum atomic E-state index is -1.26. The van der Waals surface area contributed by atoms with Gasteiger partial charge >= 0.3 is 0 Å². The Balaban J connectivity index is 1.63. The molecule has 3 rings (SSSR count). The first-order valence-electron chi connectivity index (χ1n) is 7.05. The molecular formula is C16H15F2N3OS. The Morgan fingerprint density at radius 1 is 1.22 bits per heavy atom. The molecule has 0 aliphatic rings. The van der Waals surface area contributed by atoms with E-state index >= 15 is 0 Å². The fourth-order valence-corrected chi connectivity index (χ4v) is 3.11. The zero-order valence-electron chi connectivity index (χ0n) is 12.1. The molecule has 0 saturated heterocycles. The monoisotopic (exact) mass is 335 g/mol. The molecule has 0 fully saturated rings. The second-order valence-corrected chi connectivity index (χ2v) is 5.98. The molecule has 2 aromatic heterocycles. The average molecular weight is 335 g/mol. The Morgan fingerprint density at radius 2 is 2.00 bits per heavy atom. The lowest BCUT2D eigenvalue weighted by molar-refractivity contribution is 0.164. The van der Waals surface area contributed by atoms with Crippen LogP contribution in [0.15, 0.2) is 41.9 Å². The molecular weight excluding hydrogens is 320 g/mol. The normalized spacial score (nSPS) is 12.5. The van der Waals surface area contributed by atoms with Crippen LogP contribution in [0.2, 0.25) is 0 Å². The number of halogens is 2. The quantitative estimate of drug-likeness (QED) is 0.648. The third kappa shape index (κ3) is 3.47. The van der Waals surface area contributed by atoms with Crippen molar-refractivity contribution >= 4 is 11.3 Å². The van der Waals surface area contributed by atoms with Crippen molar-refractivity contribution in [3.63, 3.8) is 0 Å². The Labute approximate surface area is 135 Å². The van der Waals surface area contributed by atoms with Crippen molar-refractivity contribution in [1.29, 1.82) is 0 Å². The third-order valence-corrected chi connectivity index (χ3v) is 4.36. The zero-order chi connectivity index (χ0) is 16.2. The fourth-order valence-electron chi connectivity index (χ4n) is 2.35. The molecule has 4 nitrogen and oxygen atoms in total. The van der Waals surface area contributed by atoms with Gasteiger partial charge in [-0.15, -0.1) is 11.3 Å². The molecule has 1 atom stereocenters. The highest BCUT2D eigenvalue weighted by Gasteiger charge is 2.17. The maximum absolute atomic E-state index is 13.6. The van der Waals surface area contributed by atoms with Gasteiger partial charge in [-0.25, -0.2) is 8.78 Å². The van der Waals surface area contributed by atoms with Crippen molar-refractivity contribution in [2.45, 2.75) is 12.6 Å². The number of aromatic nitrogens is 2. The van der Waals surface area contributed by atoms with Crippen molar-refractivity contribution in [1.82, 2.24) is 15.5 Å². The highest BCUT2D eigenvalue weighted by atomic mass is 32.1. The van der Waals surface area contributed by atoms with Gasteiger partial charge < -0.3 is 10.4 Å². The SMILES string of the molecule is OC(CNCc1cn[nH]c1-c1cccs1)c1c(F)cccc1F. The van der Waals surface area contributed by atoms with Gasteiger partial charge in [0.25, 0.3) is 0 Å². The van der Waals surface area contributed by atoms with E-state index in [9.17, 15) is 13.9 Å². The number of aliphatic hydroxyl groups is 1. The summed E-state index contributed by atoms with van der Waals surface area (Å²) in [5.74, 6) is -1.50. The van der Waals surface area contributed by atoms with Crippen LogP contribution in [-0.4, -0.2) is 21.8 Å². The van der Waals surface area contributed by atoms with Crippen LogP contribution in [0.3, 0.4) is 0 Å². The molecule has 0 saturated carbocycles. The summed E-state index contributed by atoms with van der Waals surface area (Å²) < 4.78 is 27.2. The molecule has 0 aliphatic carbocycles. The van der Waals surface area contributed by atoms with Crippen LogP contribution in [-0.2, 0) is 6.54 Å². The third-order valence-electron chi connectivity index (χ3n) is 3.47. The number of thiophene rings is 1. The molecule has 0 bridgehead atoms. The van der Waals surface area contributed by atoms with E-state index in [0.29, 0.717) is 6.54 Å². The van der Waals surface area contributed by atoms with Gasteiger partial charge in [-0.3, -0.25) is 5.10 Å². The number of benzene rings is 1. The summed E-state index contributed by atoms with van der Waals surface area (Å²) in [4.78, 5) is 1.06. The molecule has 3 aromatic rings. The van der Waals surface area contributed by atoms with E-state index in [1.54, 1.807) is 17.5 Å². The van der Waals surface area contributed by atoms with E-state index in [1.807, 2.05) is 17.5 Å². The maximum atomic E-state index is 13.6. The average Bonchev–Trinajstić information content (AvgIpc) is 3.17. The molecule has 7 heteroatoms. The number of rotatable bonds is 6. The lowest BCUT2D eigenvalue weighted by Gasteiger charge is -2.13. The van der Waals surface area contributed by atoms with Gasteiger partial charge in [0.15, 0.2) is 0 Å². The first-order valence-corrected chi connectivity index (χ1v) is 7.93. The summed E-state index contributed by atoms with van der Waals surface area (Å²) in [6.45, 7) is 0.462. The summed E-state index contributed by atoms with van der Waals surface area (Å²) in [5.41, 5.74) is 1.51. The highest BCUT2D eigenvalue weighted by Crippen LogP contribution is 2.26. The van der Waals surface area contributed by atoms with Gasteiger partial charge in [-0.05, 0) is 23.6 Å². The Hall–Kier alpha value is -2.09. The standard InChI is InChI=1S/C16H15F2N3OS/c17-11-3-1-4-12(18)15(11)13(22)9-19-7-10-8-20-21-16(10)14-5-2-6-23-14/h1-6,8,13,19,22H,7,9H2,(H,20,21). The number of H-pyrrole nitrogens is 1. The first kappa shape index (κ1) is 15.8. The Bertz CT molecular complexity index is 753. The van der Waals surface area contributed by atoms with Crippen molar-refractivity contribution in [3.8, 4) is 10.6 Å². The van der Waals surface area contributed by atoms with Gasteiger partial charge in [0.2, 0.25) is 0 Å². The lowest BCUT2D eigenvalue weighted by atomic mass is 10.1. The largest absolute Gasteiger partial charge is 0.387 e. The van der Waals surface area contributed by atoms with Crippen molar-refractivity contribution in [2.75, 3.05) is 6.54 Å². The molecule has 0 aliphatic heterocycles. The van der Waals surface area contributed by atoms with Crippen LogP contribution in [0.4, 0.5) is 8.78 Å². The summed E-state index contributed by atoms with van der Waals surface area (Å²) in [7, 11) is 0. The summed E-state index contributed by atoms with van der Waals surface area (Å²) in [6.07, 6.45) is 0.436. The van der Waals surface area contributed by atoms with E-state index in [-0.39, 0.29) is 12.1 Å². The number of hydrogen-bond acceptors (Lipinski definition) is 4. The van der Waals surface area contributed by atoms with Crippen molar-refractivity contribution in [2.24, 2.45) is 0 Å². The van der Waals surface area contributed by atoms with Crippen LogP contribution in [0.5, 0.6) is 0 Å². The highest BCUT2D eigenvalue weighted by molar-refractivity contribution is 7.13. The van der Waals surface area contributed by atoms with Crippen LogP contribution >= 0.6 is 11.3 Å².